The molecule has 148 valence electrons. The van der Waals surface area contributed by atoms with Crippen molar-refractivity contribution in [3.8, 4) is 11.5 Å². The fourth-order valence-corrected chi connectivity index (χ4v) is 2.67. The minimum absolute atomic E-state index is 0.0780. The first-order valence-corrected chi connectivity index (χ1v) is 8.95. The molecule has 6 heteroatoms. The summed E-state index contributed by atoms with van der Waals surface area (Å²) in [6, 6.07) is 21.0. The van der Waals surface area contributed by atoms with Gasteiger partial charge in [-0.25, -0.2) is 4.79 Å². The van der Waals surface area contributed by atoms with E-state index in [9.17, 15) is 9.59 Å². The van der Waals surface area contributed by atoms with E-state index in [0.717, 1.165) is 11.3 Å². The molecule has 0 heterocycles. The van der Waals surface area contributed by atoms with E-state index in [1.54, 1.807) is 42.5 Å². The minimum atomic E-state index is -0.504. The van der Waals surface area contributed by atoms with Crippen LogP contribution in [-0.2, 0) is 11.3 Å². The summed E-state index contributed by atoms with van der Waals surface area (Å²) in [6.45, 7) is 0.0780. The number of esters is 1. The number of rotatable bonds is 7. The first-order chi connectivity index (χ1) is 14.1. The molecular weight excluding hydrogens is 370 g/mol. The number of carbonyl (C=O) groups is 2. The van der Waals surface area contributed by atoms with Gasteiger partial charge < -0.3 is 19.5 Å². The zero-order chi connectivity index (χ0) is 20.6. The SMILES string of the molecule is COc1ccc(C(=O)OCc2ccc(C(=O)Nc3ccccc3)cc2)c(OC)c1. The fourth-order valence-electron chi connectivity index (χ4n) is 2.67. The summed E-state index contributed by atoms with van der Waals surface area (Å²) in [5.41, 5.74) is 2.32. The van der Waals surface area contributed by atoms with E-state index < -0.39 is 5.97 Å². The molecule has 0 aliphatic heterocycles. The lowest BCUT2D eigenvalue weighted by atomic mass is 10.1. The Labute approximate surface area is 169 Å². The number of carbonyl (C=O) groups excluding carboxylic acids is 2. The molecule has 0 spiro atoms. The maximum atomic E-state index is 12.4. The molecule has 6 nitrogen and oxygen atoms in total. The Bertz CT molecular complexity index is 984. The number of benzene rings is 3. The summed E-state index contributed by atoms with van der Waals surface area (Å²) in [5, 5.41) is 2.82. The number of hydrogen-bond acceptors (Lipinski definition) is 5. The molecule has 0 aromatic heterocycles. The molecule has 0 aliphatic carbocycles. The van der Waals surface area contributed by atoms with Gasteiger partial charge in [0.25, 0.3) is 5.91 Å². The van der Waals surface area contributed by atoms with E-state index in [1.165, 1.54) is 14.2 Å². The molecule has 0 radical (unpaired) electrons. The van der Waals surface area contributed by atoms with Crippen LogP contribution in [0.25, 0.3) is 0 Å². The Morgan fingerprint density at radius 3 is 2.24 bits per heavy atom. The number of hydrogen-bond donors (Lipinski definition) is 1. The number of nitrogens with one attached hydrogen (secondary N) is 1. The number of para-hydroxylation sites is 1. The smallest absolute Gasteiger partial charge is 0.342 e. The second kappa shape index (κ2) is 9.41. The van der Waals surface area contributed by atoms with Crippen molar-refractivity contribution in [3.05, 3.63) is 89.5 Å². The third-order valence-electron chi connectivity index (χ3n) is 4.25. The van der Waals surface area contributed by atoms with Crippen LogP contribution in [-0.4, -0.2) is 26.1 Å². The molecule has 0 atom stereocenters. The van der Waals surface area contributed by atoms with Crippen LogP contribution in [0.1, 0.15) is 26.3 Å². The standard InChI is InChI=1S/C23H21NO5/c1-27-19-12-13-20(21(14-19)28-2)23(26)29-15-16-8-10-17(11-9-16)22(25)24-18-6-4-3-5-7-18/h3-14H,15H2,1-2H3,(H,24,25). The van der Waals surface area contributed by atoms with Gasteiger partial charge in [0.2, 0.25) is 0 Å². The van der Waals surface area contributed by atoms with E-state index >= 15 is 0 Å². The highest BCUT2D eigenvalue weighted by Gasteiger charge is 2.15. The number of anilines is 1. The number of ether oxygens (including phenoxy) is 3. The van der Waals surface area contributed by atoms with Crippen molar-refractivity contribution < 1.29 is 23.8 Å². The highest BCUT2D eigenvalue weighted by molar-refractivity contribution is 6.04. The molecule has 0 saturated carbocycles. The van der Waals surface area contributed by atoms with Crippen LogP contribution >= 0.6 is 0 Å². The van der Waals surface area contributed by atoms with E-state index in [1.807, 2.05) is 30.3 Å². The van der Waals surface area contributed by atoms with Crippen LogP contribution in [0.3, 0.4) is 0 Å². The topological polar surface area (TPSA) is 73.9 Å². The molecular formula is C23H21NO5. The van der Waals surface area contributed by atoms with Crippen LogP contribution in [0.5, 0.6) is 11.5 Å². The second-order valence-electron chi connectivity index (χ2n) is 6.16. The van der Waals surface area contributed by atoms with Gasteiger partial charge >= 0.3 is 5.97 Å². The van der Waals surface area contributed by atoms with Gasteiger partial charge in [0.1, 0.15) is 23.7 Å². The Hall–Kier alpha value is -3.80. The molecule has 0 unspecified atom stereocenters. The third-order valence-corrected chi connectivity index (χ3v) is 4.25. The van der Waals surface area contributed by atoms with Crippen LogP contribution in [0.15, 0.2) is 72.8 Å². The molecule has 0 aliphatic rings. The van der Waals surface area contributed by atoms with Gasteiger partial charge in [-0.2, -0.15) is 0 Å². The first kappa shape index (κ1) is 19.9. The zero-order valence-electron chi connectivity index (χ0n) is 16.2. The van der Waals surface area contributed by atoms with Crippen molar-refractivity contribution in [2.75, 3.05) is 19.5 Å². The lowest BCUT2D eigenvalue weighted by Crippen LogP contribution is -2.12. The molecule has 0 bridgehead atoms. The molecule has 1 amide bonds. The van der Waals surface area contributed by atoms with Gasteiger partial charge in [0.05, 0.1) is 14.2 Å². The molecule has 1 N–H and O–H groups in total. The quantitative estimate of drug-likeness (QED) is 0.608. The van der Waals surface area contributed by atoms with Crippen molar-refractivity contribution in [2.24, 2.45) is 0 Å². The Morgan fingerprint density at radius 2 is 1.59 bits per heavy atom. The lowest BCUT2D eigenvalue weighted by Gasteiger charge is -2.11. The second-order valence-corrected chi connectivity index (χ2v) is 6.16. The van der Waals surface area contributed by atoms with Crippen LogP contribution < -0.4 is 14.8 Å². The third kappa shape index (κ3) is 5.13. The van der Waals surface area contributed by atoms with Crippen LogP contribution in [0.4, 0.5) is 5.69 Å². The van der Waals surface area contributed by atoms with Gasteiger partial charge in [-0.3, -0.25) is 4.79 Å². The molecule has 3 aromatic carbocycles. The van der Waals surface area contributed by atoms with Gasteiger partial charge in [0, 0.05) is 17.3 Å². The normalized spacial score (nSPS) is 10.1. The lowest BCUT2D eigenvalue weighted by molar-refractivity contribution is 0.0469. The molecule has 0 fully saturated rings. The van der Waals surface area contributed by atoms with Crippen molar-refractivity contribution >= 4 is 17.6 Å². The maximum Gasteiger partial charge on any atom is 0.342 e. The average Bonchev–Trinajstić information content (AvgIpc) is 2.78. The van der Waals surface area contributed by atoms with E-state index in [2.05, 4.69) is 5.32 Å². The highest BCUT2D eigenvalue weighted by Crippen LogP contribution is 2.25. The number of methoxy groups -OCH3 is 2. The molecule has 29 heavy (non-hydrogen) atoms. The van der Waals surface area contributed by atoms with Gasteiger partial charge in [0.15, 0.2) is 0 Å². The zero-order valence-corrected chi connectivity index (χ0v) is 16.2. The van der Waals surface area contributed by atoms with Crippen molar-refractivity contribution in [2.45, 2.75) is 6.61 Å². The van der Waals surface area contributed by atoms with E-state index in [-0.39, 0.29) is 12.5 Å². The summed E-state index contributed by atoms with van der Waals surface area (Å²) in [5.74, 6) is 0.253. The average molecular weight is 391 g/mol. The molecule has 3 aromatic rings. The van der Waals surface area contributed by atoms with Crippen LogP contribution in [0, 0.1) is 0 Å². The maximum absolute atomic E-state index is 12.4. The predicted molar refractivity (Wildman–Crippen MR) is 110 cm³/mol. The highest BCUT2D eigenvalue weighted by atomic mass is 16.5. The Morgan fingerprint density at radius 1 is 0.862 bits per heavy atom. The summed E-state index contributed by atoms with van der Waals surface area (Å²) in [7, 11) is 3.02. The minimum Gasteiger partial charge on any atom is -0.497 e. The monoisotopic (exact) mass is 391 g/mol. The van der Waals surface area contributed by atoms with Crippen LogP contribution in [0.2, 0.25) is 0 Å². The predicted octanol–water partition coefficient (Wildman–Crippen LogP) is 4.31. The molecule has 3 rings (SSSR count). The summed E-state index contributed by atoms with van der Waals surface area (Å²) in [4.78, 5) is 24.6. The van der Waals surface area contributed by atoms with Gasteiger partial charge in [-0.05, 0) is 42.0 Å². The summed E-state index contributed by atoms with van der Waals surface area (Å²) >= 11 is 0. The van der Waals surface area contributed by atoms with E-state index in [4.69, 9.17) is 14.2 Å². The molecule has 0 saturated heterocycles. The summed E-state index contributed by atoms with van der Waals surface area (Å²) < 4.78 is 15.7. The largest absolute Gasteiger partial charge is 0.497 e. The van der Waals surface area contributed by atoms with Gasteiger partial charge in [-0.1, -0.05) is 30.3 Å². The van der Waals surface area contributed by atoms with E-state index in [0.29, 0.717) is 22.6 Å². The summed E-state index contributed by atoms with van der Waals surface area (Å²) in [6.07, 6.45) is 0. The van der Waals surface area contributed by atoms with Crippen molar-refractivity contribution in [1.29, 1.82) is 0 Å². The van der Waals surface area contributed by atoms with Gasteiger partial charge in [-0.15, -0.1) is 0 Å². The number of amides is 1. The first-order valence-electron chi connectivity index (χ1n) is 8.95. The fraction of sp³-hybridized carbons (Fsp3) is 0.130. The van der Waals surface area contributed by atoms with Crippen molar-refractivity contribution in [1.82, 2.24) is 0 Å². The Kier molecular flexibility index (Phi) is 6.47. The van der Waals surface area contributed by atoms with Crippen molar-refractivity contribution in [3.63, 3.8) is 0 Å². The Balaban J connectivity index is 1.60.